The molecule has 0 aromatic rings. The van der Waals surface area contributed by atoms with Crippen LogP contribution in [0.1, 0.15) is 32.6 Å². The van der Waals surface area contributed by atoms with Crippen molar-refractivity contribution in [2.75, 3.05) is 27.7 Å². The van der Waals surface area contributed by atoms with Gasteiger partial charge in [-0.3, -0.25) is 0 Å². The van der Waals surface area contributed by atoms with Crippen molar-refractivity contribution in [1.29, 1.82) is 0 Å². The van der Waals surface area contributed by atoms with E-state index in [0.717, 1.165) is 6.54 Å². The maximum atomic E-state index is 3.35. The summed E-state index contributed by atoms with van der Waals surface area (Å²) in [6.07, 6.45) is 5.35. The van der Waals surface area contributed by atoms with E-state index in [1.807, 2.05) is 0 Å². The Morgan fingerprint density at radius 1 is 1.25 bits per heavy atom. The summed E-state index contributed by atoms with van der Waals surface area (Å²) in [5.41, 5.74) is 0. The van der Waals surface area contributed by atoms with Crippen LogP contribution in [0.25, 0.3) is 0 Å². The van der Waals surface area contributed by atoms with Gasteiger partial charge >= 0.3 is 0 Å². The molecular weight excluding hydrogens is 148 g/mol. The number of hydrogen-bond donors (Lipinski definition) is 1. The van der Waals surface area contributed by atoms with Crippen LogP contribution < -0.4 is 5.32 Å². The van der Waals surface area contributed by atoms with Gasteiger partial charge in [-0.25, -0.2) is 0 Å². The fourth-order valence-electron chi connectivity index (χ4n) is 1.41. The van der Waals surface area contributed by atoms with E-state index in [1.165, 1.54) is 25.7 Å². The lowest BCUT2D eigenvalue weighted by Crippen LogP contribution is -2.35. The van der Waals surface area contributed by atoms with Gasteiger partial charge in [0.25, 0.3) is 0 Å². The molecule has 0 amide bonds. The van der Waals surface area contributed by atoms with Crippen molar-refractivity contribution in [1.82, 2.24) is 10.2 Å². The topological polar surface area (TPSA) is 15.3 Å². The van der Waals surface area contributed by atoms with Gasteiger partial charge in [-0.2, -0.15) is 0 Å². The van der Waals surface area contributed by atoms with Crippen LogP contribution in [0.3, 0.4) is 0 Å². The van der Waals surface area contributed by atoms with Crippen LogP contribution in [-0.4, -0.2) is 38.6 Å². The van der Waals surface area contributed by atoms with Crippen LogP contribution in [-0.2, 0) is 0 Å². The molecule has 0 rings (SSSR count). The maximum absolute atomic E-state index is 3.35. The molecule has 0 saturated heterocycles. The fraction of sp³-hybridized carbons (Fsp3) is 1.00. The highest BCUT2D eigenvalue weighted by molar-refractivity contribution is 4.66. The molecule has 12 heavy (non-hydrogen) atoms. The molecule has 1 N–H and O–H groups in total. The predicted molar refractivity (Wildman–Crippen MR) is 55.5 cm³/mol. The average molecular weight is 172 g/mol. The Kier molecular flexibility index (Phi) is 7.51. The van der Waals surface area contributed by atoms with Gasteiger partial charge in [0.05, 0.1) is 0 Å². The first kappa shape index (κ1) is 11.9. The molecular formula is C10H24N2. The van der Waals surface area contributed by atoms with Crippen molar-refractivity contribution in [3.05, 3.63) is 0 Å². The molecule has 0 spiro atoms. The van der Waals surface area contributed by atoms with Crippen molar-refractivity contribution in [3.8, 4) is 0 Å². The number of nitrogens with zero attached hydrogens (tertiary/aromatic N) is 1. The summed E-state index contributed by atoms with van der Waals surface area (Å²) in [4.78, 5) is 2.24. The minimum absolute atomic E-state index is 0.673. The molecule has 0 aromatic heterocycles. The Labute approximate surface area is 77.3 Å². The SMILES string of the molecule is CCCCCC(CN(C)C)NC. The molecule has 1 atom stereocenters. The monoisotopic (exact) mass is 172 g/mol. The van der Waals surface area contributed by atoms with E-state index >= 15 is 0 Å². The summed E-state index contributed by atoms with van der Waals surface area (Å²) < 4.78 is 0. The summed E-state index contributed by atoms with van der Waals surface area (Å²) in [7, 11) is 6.31. The van der Waals surface area contributed by atoms with E-state index in [1.54, 1.807) is 0 Å². The summed E-state index contributed by atoms with van der Waals surface area (Å²) in [6, 6.07) is 0.673. The highest BCUT2D eigenvalue weighted by atomic mass is 15.1. The van der Waals surface area contributed by atoms with Crippen LogP contribution in [0, 0.1) is 0 Å². The Hall–Kier alpha value is -0.0800. The zero-order chi connectivity index (χ0) is 9.40. The highest BCUT2D eigenvalue weighted by Crippen LogP contribution is 2.03. The Morgan fingerprint density at radius 3 is 2.33 bits per heavy atom. The first-order valence-corrected chi connectivity index (χ1v) is 5.02. The zero-order valence-electron chi connectivity index (χ0n) is 9.06. The standard InChI is InChI=1S/C10H24N2/c1-5-6-7-8-10(11-2)9-12(3)4/h10-11H,5-9H2,1-4H3. The van der Waals surface area contributed by atoms with Gasteiger partial charge in [-0.15, -0.1) is 0 Å². The van der Waals surface area contributed by atoms with E-state index in [9.17, 15) is 0 Å². The maximum Gasteiger partial charge on any atom is 0.0191 e. The summed E-state index contributed by atoms with van der Waals surface area (Å²) in [6.45, 7) is 3.40. The second kappa shape index (κ2) is 7.56. The Morgan fingerprint density at radius 2 is 1.92 bits per heavy atom. The van der Waals surface area contributed by atoms with Crippen molar-refractivity contribution < 1.29 is 0 Å². The molecule has 0 heterocycles. The van der Waals surface area contributed by atoms with E-state index in [0.29, 0.717) is 6.04 Å². The zero-order valence-corrected chi connectivity index (χ0v) is 9.06. The van der Waals surface area contributed by atoms with Gasteiger partial charge in [0.2, 0.25) is 0 Å². The molecule has 0 aliphatic carbocycles. The van der Waals surface area contributed by atoms with Crippen LogP contribution in [0.4, 0.5) is 0 Å². The first-order valence-electron chi connectivity index (χ1n) is 5.02. The molecule has 0 fully saturated rings. The molecule has 74 valence electrons. The van der Waals surface area contributed by atoms with Gasteiger partial charge in [0.15, 0.2) is 0 Å². The van der Waals surface area contributed by atoms with Gasteiger partial charge in [0.1, 0.15) is 0 Å². The van der Waals surface area contributed by atoms with Crippen LogP contribution in [0.5, 0.6) is 0 Å². The lowest BCUT2D eigenvalue weighted by atomic mass is 10.1. The second-order valence-electron chi connectivity index (χ2n) is 3.74. The third-order valence-electron chi connectivity index (χ3n) is 2.15. The normalized spacial score (nSPS) is 13.8. The fourth-order valence-corrected chi connectivity index (χ4v) is 1.41. The van der Waals surface area contributed by atoms with Gasteiger partial charge in [-0.1, -0.05) is 26.2 Å². The van der Waals surface area contributed by atoms with Crippen LogP contribution >= 0.6 is 0 Å². The minimum Gasteiger partial charge on any atom is -0.316 e. The first-order chi connectivity index (χ1) is 5.70. The molecule has 0 aromatic carbocycles. The molecule has 0 aliphatic rings. The van der Waals surface area contributed by atoms with E-state index < -0.39 is 0 Å². The number of hydrogen-bond acceptors (Lipinski definition) is 2. The molecule has 1 unspecified atom stereocenters. The largest absolute Gasteiger partial charge is 0.316 e. The number of unbranched alkanes of at least 4 members (excludes halogenated alkanes) is 2. The van der Waals surface area contributed by atoms with Gasteiger partial charge in [-0.05, 0) is 27.6 Å². The Bertz CT molecular complexity index is 91.8. The van der Waals surface area contributed by atoms with Gasteiger partial charge < -0.3 is 10.2 Å². The number of rotatable bonds is 7. The highest BCUT2D eigenvalue weighted by Gasteiger charge is 2.05. The van der Waals surface area contributed by atoms with Crippen molar-refractivity contribution in [2.24, 2.45) is 0 Å². The Balaban J connectivity index is 3.39. The molecule has 2 heteroatoms. The van der Waals surface area contributed by atoms with Crippen molar-refractivity contribution >= 4 is 0 Å². The molecule has 0 bridgehead atoms. The number of likely N-dealkylation sites (N-methyl/N-ethyl adjacent to an activating group) is 2. The molecule has 0 radical (unpaired) electrons. The quantitative estimate of drug-likeness (QED) is 0.588. The molecule has 0 saturated carbocycles. The van der Waals surface area contributed by atoms with Crippen molar-refractivity contribution in [2.45, 2.75) is 38.6 Å². The second-order valence-corrected chi connectivity index (χ2v) is 3.74. The molecule has 2 nitrogen and oxygen atoms in total. The third kappa shape index (κ3) is 6.62. The number of nitrogens with one attached hydrogen (secondary N) is 1. The third-order valence-corrected chi connectivity index (χ3v) is 2.15. The predicted octanol–water partition coefficient (Wildman–Crippen LogP) is 1.72. The smallest absolute Gasteiger partial charge is 0.0191 e. The average Bonchev–Trinajstić information content (AvgIpc) is 2.02. The van der Waals surface area contributed by atoms with E-state index in [2.05, 4.69) is 38.3 Å². The molecule has 0 aliphatic heterocycles. The lowest BCUT2D eigenvalue weighted by molar-refractivity contribution is 0.332. The van der Waals surface area contributed by atoms with Crippen LogP contribution in [0.2, 0.25) is 0 Å². The summed E-state index contributed by atoms with van der Waals surface area (Å²) in [5.74, 6) is 0. The minimum atomic E-state index is 0.673. The lowest BCUT2D eigenvalue weighted by Gasteiger charge is -2.20. The van der Waals surface area contributed by atoms with E-state index in [-0.39, 0.29) is 0 Å². The van der Waals surface area contributed by atoms with Crippen LogP contribution in [0.15, 0.2) is 0 Å². The van der Waals surface area contributed by atoms with E-state index in [4.69, 9.17) is 0 Å². The summed E-state index contributed by atoms with van der Waals surface area (Å²) >= 11 is 0. The van der Waals surface area contributed by atoms with Gasteiger partial charge in [0, 0.05) is 12.6 Å². The summed E-state index contributed by atoms with van der Waals surface area (Å²) in [5, 5.41) is 3.35. The van der Waals surface area contributed by atoms with Crippen molar-refractivity contribution in [3.63, 3.8) is 0 Å².